The summed E-state index contributed by atoms with van der Waals surface area (Å²) in [6, 6.07) is 11.4. The van der Waals surface area contributed by atoms with Crippen LogP contribution in [0.25, 0.3) is 0 Å². The van der Waals surface area contributed by atoms with Gasteiger partial charge in [-0.05, 0) is 50.1 Å². The molecule has 0 aliphatic heterocycles. The van der Waals surface area contributed by atoms with E-state index in [1.165, 1.54) is 0 Å². The van der Waals surface area contributed by atoms with Crippen LogP contribution in [0, 0.1) is 18.8 Å². The Kier molecular flexibility index (Phi) is 5.68. The van der Waals surface area contributed by atoms with E-state index in [4.69, 9.17) is 0 Å². The van der Waals surface area contributed by atoms with Gasteiger partial charge in [-0.3, -0.25) is 14.5 Å². The van der Waals surface area contributed by atoms with Gasteiger partial charge in [0.25, 0.3) is 5.91 Å². The van der Waals surface area contributed by atoms with Crippen LogP contribution in [-0.2, 0) is 0 Å². The second-order valence-corrected chi connectivity index (χ2v) is 6.41. The van der Waals surface area contributed by atoms with Crippen molar-refractivity contribution in [1.82, 2.24) is 14.8 Å². The molecule has 1 aromatic carbocycles. The molecule has 0 bridgehead atoms. The van der Waals surface area contributed by atoms with Gasteiger partial charge < -0.3 is 5.32 Å². The molecule has 0 radical (unpaired) electrons. The van der Waals surface area contributed by atoms with Gasteiger partial charge in [-0.15, -0.1) is 0 Å². The minimum atomic E-state index is -0.200. The third-order valence-electron chi connectivity index (χ3n) is 4.40. The van der Waals surface area contributed by atoms with Crippen LogP contribution in [0.2, 0.25) is 0 Å². The highest BCUT2D eigenvalue weighted by Gasteiger charge is 2.11. The quantitative estimate of drug-likeness (QED) is 0.711. The van der Waals surface area contributed by atoms with Crippen molar-refractivity contribution in [2.24, 2.45) is 0 Å². The predicted octanol–water partition coefficient (Wildman–Crippen LogP) is 4.21. The standard InChI is InChI=1S/C22H22N4O/c1-4-17(3)26-13-11-21(25-26)24-22(27)20-9-7-16(2)19(14-20)10-8-18-6-5-12-23-15-18/h5-7,9,11-15,17H,4H2,1-3H3,(H,24,25,27). The van der Waals surface area contributed by atoms with Gasteiger partial charge in [0.15, 0.2) is 5.82 Å². The van der Waals surface area contributed by atoms with E-state index >= 15 is 0 Å². The number of carbonyl (C=O) groups is 1. The fourth-order valence-electron chi connectivity index (χ4n) is 2.50. The Morgan fingerprint density at radius 1 is 1.26 bits per heavy atom. The summed E-state index contributed by atoms with van der Waals surface area (Å²) in [6.45, 7) is 6.17. The molecule has 1 N–H and O–H groups in total. The minimum absolute atomic E-state index is 0.200. The zero-order valence-electron chi connectivity index (χ0n) is 15.7. The average molecular weight is 358 g/mol. The number of aromatic nitrogens is 3. The van der Waals surface area contributed by atoms with Crippen molar-refractivity contribution >= 4 is 11.7 Å². The molecule has 0 saturated heterocycles. The van der Waals surface area contributed by atoms with Gasteiger partial charge in [-0.1, -0.05) is 24.8 Å². The summed E-state index contributed by atoms with van der Waals surface area (Å²) in [5.74, 6) is 6.55. The number of pyridine rings is 1. The van der Waals surface area contributed by atoms with E-state index in [9.17, 15) is 4.79 Å². The van der Waals surface area contributed by atoms with E-state index in [2.05, 4.69) is 41.1 Å². The van der Waals surface area contributed by atoms with Crippen LogP contribution in [-0.4, -0.2) is 20.7 Å². The number of rotatable bonds is 4. The maximum atomic E-state index is 12.6. The lowest BCUT2D eigenvalue weighted by atomic mass is 10.0. The van der Waals surface area contributed by atoms with Gasteiger partial charge in [-0.25, -0.2) is 0 Å². The monoisotopic (exact) mass is 358 g/mol. The lowest BCUT2D eigenvalue weighted by Crippen LogP contribution is -2.13. The number of hydrogen-bond donors (Lipinski definition) is 1. The van der Waals surface area contributed by atoms with Crippen molar-refractivity contribution in [2.45, 2.75) is 33.2 Å². The first-order chi connectivity index (χ1) is 13.1. The fourth-order valence-corrected chi connectivity index (χ4v) is 2.50. The predicted molar refractivity (Wildman–Crippen MR) is 107 cm³/mol. The zero-order chi connectivity index (χ0) is 19.2. The fraction of sp³-hybridized carbons (Fsp3) is 0.227. The molecule has 3 rings (SSSR count). The highest BCUT2D eigenvalue weighted by molar-refractivity contribution is 6.04. The first kappa shape index (κ1) is 18.4. The molecular formula is C22H22N4O. The molecule has 27 heavy (non-hydrogen) atoms. The van der Waals surface area contributed by atoms with E-state index in [1.807, 2.05) is 36.0 Å². The number of anilines is 1. The maximum Gasteiger partial charge on any atom is 0.256 e. The van der Waals surface area contributed by atoms with Crippen molar-refractivity contribution in [1.29, 1.82) is 0 Å². The second kappa shape index (κ2) is 8.33. The van der Waals surface area contributed by atoms with Crippen LogP contribution in [0.5, 0.6) is 0 Å². The van der Waals surface area contributed by atoms with Crippen molar-refractivity contribution in [3.05, 3.63) is 77.2 Å². The zero-order valence-corrected chi connectivity index (χ0v) is 15.7. The second-order valence-electron chi connectivity index (χ2n) is 6.41. The molecule has 1 unspecified atom stereocenters. The lowest BCUT2D eigenvalue weighted by Gasteiger charge is -2.08. The number of nitrogens with zero attached hydrogens (tertiary/aromatic N) is 3. The SMILES string of the molecule is CCC(C)n1ccc(NC(=O)c2ccc(C)c(C#Cc3cccnc3)c2)n1. The third kappa shape index (κ3) is 4.62. The van der Waals surface area contributed by atoms with Gasteiger partial charge in [-0.2, -0.15) is 5.10 Å². The van der Waals surface area contributed by atoms with E-state index in [0.717, 1.165) is 23.1 Å². The molecule has 1 amide bonds. The molecule has 0 saturated carbocycles. The Morgan fingerprint density at radius 2 is 2.11 bits per heavy atom. The molecule has 5 heteroatoms. The Balaban J connectivity index is 1.78. The van der Waals surface area contributed by atoms with Gasteiger partial charge in [0.05, 0.1) is 0 Å². The average Bonchev–Trinajstić information content (AvgIpc) is 3.16. The van der Waals surface area contributed by atoms with Gasteiger partial charge in [0.2, 0.25) is 0 Å². The highest BCUT2D eigenvalue weighted by atomic mass is 16.1. The number of aryl methyl sites for hydroxylation is 1. The molecule has 5 nitrogen and oxygen atoms in total. The van der Waals surface area contributed by atoms with E-state index in [1.54, 1.807) is 30.6 Å². The molecular weight excluding hydrogens is 336 g/mol. The molecule has 3 aromatic rings. The number of benzene rings is 1. The Hall–Kier alpha value is -3.39. The van der Waals surface area contributed by atoms with E-state index in [0.29, 0.717) is 17.4 Å². The summed E-state index contributed by atoms with van der Waals surface area (Å²) >= 11 is 0. The molecule has 0 aliphatic rings. The van der Waals surface area contributed by atoms with Crippen LogP contribution in [0.4, 0.5) is 5.82 Å². The van der Waals surface area contributed by atoms with Crippen LogP contribution >= 0.6 is 0 Å². The van der Waals surface area contributed by atoms with Crippen LogP contribution in [0.3, 0.4) is 0 Å². The summed E-state index contributed by atoms with van der Waals surface area (Å²) < 4.78 is 1.86. The lowest BCUT2D eigenvalue weighted by molar-refractivity contribution is 0.102. The first-order valence-electron chi connectivity index (χ1n) is 8.96. The topological polar surface area (TPSA) is 59.8 Å². The molecule has 0 aliphatic carbocycles. The maximum absolute atomic E-state index is 12.6. The number of hydrogen-bond acceptors (Lipinski definition) is 3. The Bertz CT molecular complexity index is 996. The van der Waals surface area contributed by atoms with Crippen molar-refractivity contribution < 1.29 is 4.79 Å². The first-order valence-corrected chi connectivity index (χ1v) is 8.96. The van der Waals surface area contributed by atoms with Gasteiger partial charge in [0.1, 0.15) is 0 Å². The molecule has 0 fully saturated rings. The summed E-state index contributed by atoms with van der Waals surface area (Å²) in [6.07, 6.45) is 6.28. The Morgan fingerprint density at radius 3 is 2.85 bits per heavy atom. The summed E-state index contributed by atoms with van der Waals surface area (Å²) in [5.41, 5.74) is 3.22. The van der Waals surface area contributed by atoms with Crippen LogP contribution in [0.15, 0.2) is 55.0 Å². The third-order valence-corrected chi connectivity index (χ3v) is 4.40. The summed E-state index contributed by atoms with van der Waals surface area (Å²) in [7, 11) is 0. The van der Waals surface area contributed by atoms with Crippen molar-refractivity contribution in [2.75, 3.05) is 5.32 Å². The normalized spacial score (nSPS) is 11.4. The van der Waals surface area contributed by atoms with Crippen LogP contribution in [0.1, 0.15) is 53.4 Å². The molecule has 136 valence electrons. The summed E-state index contributed by atoms with van der Waals surface area (Å²) in [5, 5.41) is 7.26. The van der Waals surface area contributed by atoms with Crippen molar-refractivity contribution in [3.8, 4) is 11.8 Å². The highest BCUT2D eigenvalue weighted by Crippen LogP contribution is 2.15. The van der Waals surface area contributed by atoms with Crippen LogP contribution < -0.4 is 5.32 Å². The minimum Gasteiger partial charge on any atom is -0.305 e. The van der Waals surface area contributed by atoms with Gasteiger partial charge in [0, 0.05) is 47.4 Å². The number of nitrogens with one attached hydrogen (secondary N) is 1. The van der Waals surface area contributed by atoms with E-state index in [-0.39, 0.29) is 5.91 Å². The largest absolute Gasteiger partial charge is 0.305 e. The molecule has 1 atom stereocenters. The number of amides is 1. The van der Waals surface area contributed by atoms with Gasteiger partial charge >= 0.3 is 0 Å². The number of carbonyl (C=O) groups excluding carboxylic acids is 1. The molecule has 2 aromatic heterocycles. The van der Waals surface area contributed by atoms with E-state index < -0.39 is 0 Å². The molecule has 0 spiro atoms. The Labute approximate surface area is 159 Å². The molecule has 2 heterocycles. The smallest absolute Gasteiger partial charge is 0.256 e. The van der Waals surface area contributed by atoms with Crippen molar-refractivity contribution in [3.63, 3.8) is 0 Å². The summed E-state index contributed by atoms with van der Waals surface area (Å²) in [4.78, 5) is 16.6.